The Labute approximate surface area is 156 Å². The van der Waals surface area contributed by atoms with Crippen molar-refractivity contribution in [2.45, 2.75) is 16.7 Å². The van der Waals surface area contributed by atoms with Crippen LogP contribution >= 0.6 is 11.6 Å². The van der Waals surface area contributed by atoms with E-state index in [0.717, 1.165) is 0 Å². The van der Waals surface area contributed by atoms with Gasteiger partial charge in [-0.3, -0.25) is 14.5 Å². The minimum Gasteiger partial charge on any atom is -0.464 e. The predicted octanol–water partition coefficient (Wildman–Crippen LogP) is 2.64. The van der Waals surface area contributed by atoms with Crippen LogP contribution < -0.4 is 4.72 Å². The summed E-state index contributed by atoms with van der Waals surface area (Å²) in [6, 6.07) is 15.6. The third kappa shape index (κ3) is 4.05. The molecule has 1 N–H and O–H groups in total. The number of fused-ring (bicyclic) bond motifs is 1. The van der Waals surface area contributed by atoms with Gasteiger partial charge in [-0.05, 0) is 17.7 Å². The number of esters is 1. The zero-order valence-corrected chi connectivity index (χ0v) is 15.3. The largest absolute Gasteiger partial charge is 0.464 e. The summed E-state index contributed by atoms with van der Waals surface area (Å²) < 4.78 is 31.5. The fourth-order valence-corrected chi connectivity index (χ4v) is 3.97. The molecule has 0 saturated carbocycles. The van der Waals surface area contributed by atoms with Crippen LogP contribution in [-0.4, -0.2) is 33.4 Å². The number of hydrogen-bond donors (Lipinski definition) is 1. The van der Waals surface area contributed by atoms with Crippen molar-refractivity contribution in [1.82, 2.24) is 4.72 Å². The molecule has 0 radical (unpaired) electrons. The Morgan fingerprint density at radius 3 is 2.58 bits per heavy atom. The normalized spacial score (nSPS) is 17.3. The van der Waals surface area contributed by atoms with E-state index in [4.69, 9.17) is 16.3 Å². The monoisotopic (exact) mass is 392 g/mol. The zero-order valence-electron chi connectivity index (χ0n) is 13.8. The van der Waals surface area contributed by atoms with Gasteiger partial charge in [-0.25, -0.2) is 8.42 Å². The summed E-state index contributed by atoms with van der Waals surface area (Å²) in [6.45, 7) is 0.470. The van der Waals surface area contributed by atoms with E-state index in [-0.39, 0.29) is 11.5 Å². The number of carbonyl (C=O) groups excluding carboxylic acids is 1. The SMILES string of the molecule is O=C(OCCCN=C1NS(=O)(=O)c2ccccc21)C(Cl)c1ccccc1. The van der Waals surface area contributed by atoms with Gasteiger partial charge < -0.3 is 4.74 Å². The Kier molecular flexibility index (Phi) is 5.58. The molecule has 1 heterocycles. The van der Waals surface area contributed by atoms with Gasteiger partial charge in [0.2, 0.25) is 0 Å². The maximum absolute atomic E-state index is 12.0. The number of nitrogens with one attached hydrogen (secondary N) is 1. The summed E-state index contributed by atoms with van der Waals surface area (Å²) in [5, 5.41) is -0.851. The van der Waals surface area contributed by atoms with Crippen molar-refractivity contribution in [3.8, 4) is 0 Å². The standard InChI is InChI=1S/C18H17ClN2O4S/c19-16(13-7-2-1-3-8-13)18(22)25-12-6-11-20-17-14-9-4-5-10-15(14)26(23,24)21-17/h1-5,7-10,16H,6,11-12H2,(H,20,21). The molecule has 0 bridgehead atoms. The minimum atomic E-state index is -3.54. The van der Waals surface area contributed by atoms with E-state index < -0.39 is 21.4 Å². The summed E-state index contributed by atoms with van der Waals surface area (Å²) in [5.41, 5.74) is 1.23. The molecule has 1 atom stereocenters. The first-order valence-corrected chi connectivity index (χ1v) is 9.93. The number of ether oxygens (including phenoxy) is 1. The summed E-state index contributed by atoms with van der Waals surface area (Å²) in [7, 11) is -3.54. The second-order valence-electron chi connectivity index (χ2n) is 5.63. The molecule has 0 amide bonds. The Hall–Kier alpha value is -2.38. The van der Waals surface area contributed by atoms with Crippen molar-refractivity contribution < 1.29 is 17.9 Å². The van der Waals surface area contributed by atoms with Gasteiger partial charge in [0.15, 0.2) is 5.38 Å². The molecule has 26 heavy (non-hydrogen) atoms. The maximum Gasteiger partial charge on any atom is 0.328 e. The number of carbonyl (C=O) groups is 1. The molecule has 0 spiro atoms. The lowest BCUT2D eigenvalue weighted by molar-refractivity contribution is -0.143. The smallest absolute Gasteiger partial charge is 0.328 e. The molecular weight excluding hydrogens is 376 g/mol. The third-order valence-corrected chi connectivity index (χ3v) is 5.61. The van der Waals surface area contributed by atoms with E-state index in [1.807, 2.05) is 6.07 Å². The molecule has 2 aromatic carbocycles. The third-order valence-electron chi connectivity index (χ3n) is 3.78. The molecule has 0 aromatic heterocycles. The average molecular weight is 393 g/mol. The molecule has 2 aromatic rings. The fraction of sp³-hybridized carbons (Fsp3) is 0.222. The van der Waals surface area contributed by atoms with Crippen molar-refractivity contribution in [3.63, 3.8) is 0 Å². The quantitative estimate of drug-likeness (QED) is 0.465. The maximum atomic E-state index is 12.0. The molecule has 136 valence electrons. The number of benzene rings is 2. The lowest BCUT2D eigenvalue weighted by atomic mass is 10.1. The van der Waals surface area contributed by atoms with Crippen LogP contribution in [0, 0.1) is 0 Å². The number of hydrogen-bond acceptors (Lipinski definition) is 5. The lowest BCUT2D eigenvalue weighted by Gasteiger charge is -2.09. The van der Waals surface area contributed by atoms with E-state index in [9.17, 15) is 13.2 Å². The molecular formula is C18H17ClN2O4S. The molecule has 0 saturated heterocycles. The molecule has 8 heteroatoms. The van der Waals surface area contributed by atoms with Crippen molar-refractivity contribution in [1.29, 1.82) is 0 Å². The number of nitrogens with zero attached hydrogens (tertiary/aromatic N) is 1. The van der Waals surface area contributed by atoms with Gasteiger partial charge in [0.25, 0.3) is 10.0 Å². The van der Waals surface area contributed by atoms with Crippen molar-refractivity contribution in [2.24, 2.45) is 4.99 Å². The highest BCUT2D eigenvalue weighted by Gasteiger charge is 2.29. The van der Waals surface area contributed by atoms with Crippen LogP contribution in [0.3, 0.4) is 0 Å². The van der Waals surface area contributed by atoms with Gasteiger partial charge in [0.05, 0.1) is 11.5 Å². The molecule has 1 aliphatic rings. The summed E-state index contributed by atoms with van der Waals surface area (Å²) >= 11 is 6.08. The second kappa shape index (κ2) is 7.88. The summed E-state index contributed by atoms with van der Waals surface area (Å²) in [5.74, 6) is -0.205. The average Bonchev–Trinajstić information content (AvgIpc) is 2.92. The predicted molar refractivity (Wildman–Crippen MR) is 98.8 cm³/mol. The van der Waals surface area contributed by atoms with E-state index in [1.54, 1.807) is 42.5 Å². The van der Waals surface area contributed by atoms with Crippen LogP contribution in [0.15, 0.2) is 64.5 Å². The van der Waals surface area contributed by atoms with Crippen LogP contribution in [-0.2, 0) is 19.6 Å². The Morgan fingerprint density at radius 2 is 1.81 bits per heavy atom. The highest BCUT2D eigenvalue weighted by atomic mass is 35.5. The zero-order chi connectivity index (χ0) is 18.6. The second-order valence-corrected chi connectivity index (χ2v) is 7.71. The topological polar surface area (TPSA) is 84.8 Å². The van der Waals surface area contributed by atoms with E-state index in [0.29, 0.717) is 29.9 Å². The van der Waals surface area contributed by atoms with Crippen molar-refractivity contribution in [2.75, 3.05) is 13.2 Å². The van der Waals surface area contributed by atoms with Gasteiger partial charge in [0, 0.05) is 18.5 Å². The molecule has 1 aliphatic heterocycles. The first-order valence-electron chi connectivity index (χ1n) is 8.01. The van der Waals surface area contributed by atoms with Gasteiger partial charge in [-0.15, -0.1) is 11.6 Å². The summed E-state index contributed by atoms with van der Waals surface area (Å²) in [4.78, 5) is 16.4. The minimum absolute atomic E-state index is 0.153. The number of halogens is 1. The van der Waals surface area contributed by atoms with Gasteiger partial charge >= 0.3 is 5.97 Å². The van der Waals surface area contributed by atoms with E-state index in [1.165, 1.54) is 6.07 Å². The molecule has 1 unspecified atom stereocenters. The summed E-state index contributed by atoms with van der Waals surface area (Å²) in [6.07, 6.45) is 0.456. The van der Waals surface area contributed by atoms with Crippen LogP contribution in [0.2, 0.25) is 0 Å². The number of sulfonamides is 1. The van der Waals surface area contributed by atoms with Gasteiger partial charge in [0.1, 0.15) is 5.84 Å². The highest BCUT2D eigenvalue weighted by molar-refractivity contribution is 7.90. The molecule has 0 aliphatic carbocycles. The fourth-order valence-electron chi connectivity index (χ4n) is 2.51. The number of aliphatic imine (C=N–C) groups is 1. The number of amidine groups is 1. The first-order chi connectivity index (χ1) is 12.5. The first kappa shape index (κ1) is 18.4. The lowest BCUT2D eigenvalue weighted by Crippen LogP contribution is -2.22. The van der Waals surface area contributed by atoms with Crippen molar-refractivity contribution in [3.05, 3.63) is 65.7 Å². The number of alkyl halides is 1. The van der Waals surface area contributed by atoms with Crippen LogP contribution in [0.1, 0.15) is 22.9 Å². The molecule has 0 fully saturated rings. The van der Waals surface area contributed by atoms with Crippen LogP contribution in [0.4, 0.5) is 0 Å². The van der Waals surface area contributed by atoms with E-state index >= 15 is 0 Å². The Morgan fingerprint density at radius 1 is 1.12 bits per heavy atom. The van der Waals surface area contributed by atoms with E-state index in [2.05, 4.69) is 9.71 Å². The molecule has 3 rings (SSSR count). The highest BCUT2D eigenvalue weighted by Crippen LogP contribution is 2.23. The van der Waals surface area contributed by atoms with Crippen LogP contribution in [0.5, 0.6) is 0 Å². The van der Waals surface area contributed by atoms with Crippen LogP contribution in [0.25, 0.3) is 0 Å². The molecule has 6 nitrogen and oxygen atoms in total. The number of rotatable bonds is 6. The Balaban J connectivity index is 1.51. The van der Waals surface area contributed by atoms with Crippen molar-refractivity contribution >= 4 is 33.4 Å². The Bertz CT molecular complexity index is 929. The van der Waals surface area contributed by atoms with Gasteiger partial charge in [-0.1, -0.05) is 42.5 Å². The van der Waals surface area contributed by atoms with Gasteiger partial charge in [-0.2, -0.15) is 0 Å².